The normalized spacial score (nSPS) is 10.9. The van der Waals surface area contributed by atoms with Crippen molar-refractivity contribution in [3.8, 4) is 11.5 Å². The van der Waals surface area contributed by atoms with Crippen molar-refractivity contribution < 1.29 is 14.0 Å². The van der Waals surface area contributed by atoms with Gasteiger partial charge in [-0.1, -0.05) is 5.16 Å². The standard InChI is InChI=1S/C16H22N2O3/c1-12-16(13(2)21-17-12)11-18(3)9-10-20-15-7-5-14(19-4)6-8-15/h5-8H,9-11H2,1-4H3. The average Bonchev–Trinajstić information content (AvgIpc) is 2.80. The van der Waals surface area contributed by atoms with E-state index in [1.165, 1.54) is 0 Å². The summed E-state index contributed by atoms with van der Waals surface area (Å²) in [6, 6.07) is 7.60. The zero-order valence-electron chi connectivity index (χ0n) is 13.0. The predicted molar refractivity (Wildman–Crippen MR) is 80.8 cm³/mol. The van der Waals surface area contributed by atoms with Crippen molar-refractivity contribution in [3.63, 3.8) is 0 Å². The lowest BCUT2D eigenvalue weighted by Gasteiger charge is -2.16. The van der Waals surface area contributed by atoms with Crippen LogP contribution in [0.3, 0.4) is 0 Å². The van der Waals surface area contributed by atoms with Gasteiger partial charge in [0.2, 0.25) is 0 Å². The topological polar surface area (TPSA) is 47.7 Å². The molecule has 0 aliphatic rings. The number of nitrogens with zero attached hydrogens (tertiary/aromatic N) is 2. The summed E-state index contributed by atoms with van der Waals surface area (Å²) in [5, 5.41) is 3.97. The molecule has 0 saturated carbocycles. The van der Waals surface area contributed by atoms with Crippen molar-refractivity contribution in [2.24, 2.45) is 0 Å². The molecule has 0 amide bonds. The van der Waals surface area contributed by atoms with E-state index in [2.05, 4.69) is 17.1 Å². The SMILES string of the molecule is COc1ccc(OCCN(C)Cc2c(C)noc2C)cc1. The van der Waals surface area contributed by atoms with Crippen LogP contribution < -0.4 is 9.47 Å². The van der Waals surface area contributed by atoms with Crippen LogP contribution in [-0.2, 0) is 6.54 Å². The Balaban J connectivity index is 1.77. The molecule has 2 aromatic rings. The first-order chi connectivity index (χ1) is 10.1. The maximum Gasteiger partial charge on any atom is 0.138 e. The van der Waals surface area contributed by atoms with Gasteiger partial charge in [-0.3, -0.25) is 4.90 Å². The van der Waals surface area contributed by atoms with E-state index in [0.29, 0.717) is 6.61 Å². The quantitative estimate of drug-likeness (QED) is 0.784. The van der Waals surface area contributed by atoms with E-state index < -0.39 is 0 Å². The maximum atomic E-state index is 5.72. The Morgan fingerprint density at radius 3 is 2.38 bits per heavy atom. The molecule has 0 spiro atoms. The van der Waals surface area contributed by atoms with Crippen molar-refractivity contribution >= 4 is 0 Å². The highest BCUT2D eigenvalue weighted by molar-refractivity contribution is 5.31. The molecule has 0 aliphatic heterocycles. The fraction of sp³-hybridized carbons (Fsp3) is 0.438. The lowest BCUT2D eigenvalue weighted by Crippen LogP contribution is -2.24. The summed E-state index contributed by atoms with van der Waals surface area (Å²) in [6.07, 6.45) is 0. The van der Waals surface area contributed by atoms with E-state index in [4.69, 9.17) is 14.0 Å². The number of benzene rings is 1. The van der Waals surface area contributed by atoms with Gasteiger partial charge in [0.05, 0.1) is 12.8 Å². The average molecular weight is 290 g/mol. The molecule has 1 heterocycles. The molecule has 0 bridgehead atoms. The summed E-state index contributed by atoms with van der Waals surface area (Å²) in [5.41, 5.74) is 2.11. The molecule has 0 radical (unpaired) electrons. The van der Waals surface area contributed by atoms with Crippen LogP contribution in [0.25, 0.3) is 0 Å². The molecular formula is C16H22N2O3. The van der Waals surface area contributed by atoms with Gasteiger partial charge in [0, 0.05) is 18.7 Å². The molecule has 0 saturated heterocycles. The van der Waals surface area contributed by atoms with E-state index in [-0.39, 0.29) is 0 Å². The molecular weight excluding hydrogens is 268 g/mol. The minimum Gasteiger partial charge on any atom is -0.497 e. The van der Waals surface area contributed by atoms with E-state index in [1.807, 2.05) is 38.1 Å². The minimum absolute atomic E-state index is 0.631. The van der Waals surface area contributed by atoms with Crippen molar-refractivity contribution in [1.82, 2.24) is 10.1 Å². The molecule has 0 unspecified atom stereocenters. The van der Waals surface area contributed by atoms with Crippen LogP contribution in [0.4, 0.5) is 0 Å². The van der Waals surface area contributed by atoms with Gasteiger partial charge in [0.1, 0.15) is 23.9 Å². The van der Waals surface area contributed by atoms with Gasteiger partial charge in [-0.25, -0.2) is 0 Å². The highest BCUT2D eigenvalue weighted by atomic mass is 16.5. The fourth-order valence-electron chi connectivity index (χ4n) is 2.07. The third-order valence-electron chi connectivity index (χ3n) is 3.41. The smallest absolute Gasteiger partial charge is 0.138 e. The third-order valence-corrected chi connectivity index (χ3v) is 3.41. The van der Waals surface area contributed by atoms with Crippen LogP contribution in [-0.4, -0.2) is 37.4 Å². The Morgan fingerprint density at radius 1 is 1.14 bits per heavy atom. The number of aromatic nitrogens is 1. The second-order valence-corrected chi connectivity index (χ2v) is 5.06. The Labute approximate surface area is 125 Å². The Hall–Kier alpha value is -2.01. The second-order valence-electron chi connectivity index (χ2n) is 5.06. The number of methoxy groups -OCH3 is 1. The van der Waals surface area contributed by atoms with Crippen LogP contribution >= 0.6 is 0 Å². The lowest BCUT2D eigenvalue weighted by atomic mass is 10.2. The minimum atomic E-state index is 0.631. The Bertz CT molecular complexity index is 544. The molecule has 1 aromatic heterocycles. The second kappa shape index (κ2) is 7.13. The van der Waals surface area contributed by atoms with Gasteiger partial charge in [0.25, 0.3) is 0 Å². The van der Waals surface area contributed by atoms with Crippen molar-refractivity contribution in [3.05, 3.63) is 41.3 Å². The summed E-state index contributed by atoms with van der Waals surface area (Å²) in [7, 11) is 3.71. The van der Waals surface area contributed by atoms with Crippen LogP contribution in [0, 0.1) is 13.8 Å². The number of likely N-dealkylation sites (N-methyl/N-ethyl adjacent to an activating group) is 1. The van der Waals surface area contributed by atoms with Crippen molar-refractivity contribution in [1.29, 1.82) is 0 Å². The molecule has 1 aromatic carbocycles. The first-order valence-electron chi connectivity index (χ1n) is 6.97. The van der Waals surface area contributed by atoms with E-state index in [1.54, 1.807) is 7.11 Å². The van der Waals surface area contributed by atoms with Crippen LogP contribution in [0.15, 0.2) is 28.8 Å². The van der Waals surface area contributed by atoms with Gasteiger partial charge >= 0.3 is 0 Å². The summed E-state index contributed by atoms with van der Waals surface area (Å²) in [6.45, 7) is 6.18. The van der Waals surface area contributed by atoms with Crippen molar-refractivity contribution in [2.45, 2.75) is 20.4 Å². The van der Waals surface area contributed by atoms with Gasteiger partial charge < -0.3 is 14.0 Å². The molecule has 0 N–H and O–H groups in total. The van der Waals surface area contributed by atoms with Crippen molar-refractivity contribution in [2.75, 3.05) is 27.3 Å². The first-order valence-corrected chi connectivity index (χ1v) is 6.97. The molecule has 0 aliphatic carbocycles. The largest absolute Gasteiger partial charge is 0.497 e. The molecule has 5 heteroatoms. The summed E-state index contributed by atoms with van der Waals surface area (Å²) < 4.78 is 16.0. The lowest BCUT2D eigenvalue weighted by molar-refractivity contribution is 0.231. The molecule has 0 atom stereocenters. The Kier molecular flexibility index (Phi) is 5.22. The molecule has 0 fully saturated rings. The van der Waals surface area contributed by atoms with Gasteiger partial charge in [-0.15, -0.1) is 0 Å². The van der Waals surface area contributed by atoms with Gasteiger partial charge in [-0.05, 0) is 45.2 Å². The predicted octanol–water partition coefficient (Wildman–Crippen LogP) is 2.81. The van der Waals surface area contributed by atoms with E-state index in [9.17, 15) is 0 Å². The fourth-order valence-corrected chi connectivity index (χ4v) is 2.07. The third kappa shape index (κ3) is 4.23. The molecule has 2 rings (SSSR count). The zero-order chi connectivity index (χ0) is 15.2. The number of hydrogen-bond acceptors (Lipinski definition) is 5. The van der Waals surface area contributed by atoms with Crippen LogP contribution in [0.2, 0.25) is 0 Å². The Morgan fingerprint density at radius 2 is 1.81 bits per heavy atom. The number of aryl methyl sites for hydroxylation is 2. The molecule has 114 valence electrons. The number of hydrogen-bond donors (Lipinski definition) is 0. The maximum absolute atomic E-state index is 5.72. The highest BCUT2D eigenvalue weighted by Gasteiger charge is 2.11. The molecule has 21 heavy (non-hydrogen) atoms. The monoisotopic (exact) mass is 290 g/mol. The van der Waals surface area contributed by atoms with Gasteiger partial charge in [0.15, 0.2) is 0 Å². The molecule has 5 nitrogen and oxygen atoms in total. The van der Waals surface area contributed by atoms with Crippen LogP contribution in [0.1, 0.15) is 17.0 Å². The number of rotatable bonds is 7. The zero-order valence-corrected chi connectivity index (χ0v) is 13.0. The summed E-state index contributed by atoms with van der Waals surface area (Å²) >= 11 is 0. The van der Waals surface area contributed by atoms with Crippen LogP contribution in [0.5, 0.6) is 11.5 Å². The van der Waals surface area contributed by atoms with E-state index in [0.717, 1.165) is 41.6 Å². The summed E-state index contributed by atoms with van der Waals surface area (Å²) in [5.74, 6) is 2.56. The van der Waals surface area contributed by atoms with E-state index >= 15 is 0 Å². The number of ether oxygens (including phenoxy) is 2. The first kappa shape index (κ1) is 15.4. The highest BCUT2D eigenvalue weighted by Crippen LogP contribution is 2.17. The van der Waals surface area contributed by atoms with Gasteiger partial charge in [-0.2, -0.15) is 0 Å². The summed E-state index contributed by atoms with van der Waals surface area (Å²) in [4.78, 5) is 2.19.